The van der Waals surface area contributed by atoms with Gasteiger partial charge in [-0.2, -0.15) is 0 Å². The van der Waals surface area contributed by atoms with Crippen LogP contribution in [0.2, 0.25) is 0 Å². The van der Waals surface area contributed by atoms with Crippen molar-refractivity contribution in [2.45, 2.75) is 0 Å². The summed E-state index contributed by atoms with van der Waals surface area (Å²) in [6.07, 6.45) is 0. The molecule has 0 aliphatic rings. The molecule has 0 heterocycles. The molecule has 0 aromatic heterocycles. The van der Waals surface area contributed by atoms with Crippen LogP contribution in [0.25, 0.3) is 0 Å². The molecule has 0 nitrogen and oxygen atoms in total. The molecule has 0 spiro atoms. The second kappa shape index (κ2) is 19.0. The van der Waals surface area contributed by atoms with Gasteiger partial charge in [0, 0.05) is 17.1 Å². The topological polar surface area (TPSA) is 0 Å². The Hall–Kier alpha value is 2.19. The summed E-state index contributed by atoms with van der Waals surface area (Å²) in [5.74, 6) is 0. The van der Waals surface area contributed by atoms with Gasteiger partial charge in [0.1, 0.15) is 0 Å². The summed E-state index contributed by atoms with van der Waals surface area (Å²) in [5, 5.41) is 0. The Balaban J connectivity index is 0. The van der Waals surface area contributed by atoms with Gasteiger partial charge in [0.15, 0.2) is 17.4 Å². The molecule has 4 heteroatoms. The van der Waals surface area contributed by atoms with Gasteiger partial charge < -0.3 is 0 Å². The van der Waals surface area contributed by atoms with Gasteiger partial charge in [-0.3, -0.25) is 0 Å². The summed E-state index contributed by atoms with van der Waals surface area (Å²) in [6.45, 7) is 0. The standard InChI is InChI=1S/Al.Cu.GeH4.Li.4H/h;;1H4;;;;;. The molecule has 0 unspecified atom stereocenters. The van der Waals surface area contributed by atoms with Gasteiger partial charge in [0.25, 0.3) is 0 Å². The Kier molecular flexibility index (Phi) is 165. The van der Waals surface area contributed by atoms with E-state index in [4.69, 9.17) is 0 Å². The quantitative estimate of drug-likeness (QED) is 0.341. The third kappa shape index (κ3) is 8.89. The van der Waals surface area contributed by atoms with E-state index in [1.807, 2.05) is 0 Å². The second-order valence-electron chi connectivity index (χ2n) is 0. The van der Waals surface area contributed by atoms with E-state index in [1.165, 1.54) is 0 Å². The normalized spacial score (nSPS) is 0. The average Bonchev–Trinajstić information content (AvgIpc) is 0. The molecule has 0 saturated carbocycles. The first kappa shape index (κ1) is 34.7. The Morgan fingerprint density at radius 2 is 1.00 bits per heavy atom. The maximum atomic E-state index is 0. The van der Waals surface area contributed by atoms with Crippen LogP contribution in [0, 0.1) is 0 Å². The van der Waals surface area contributed by atoms with Crippen molar-refractivity contribution in [3.63, 3.8) is 0 Å². The molecule has 0 N–H and O–H groups in total. The number of rotatable bonds is 0. The molecule has 4 heavy (non-hydrogen) atoms. The van der Waals surface area contributed by atoms with Crippen LogP contribution in [-0.2, 0) is 17.1 Å². The fourth-order valence-corrected chi connectivity index (χ4v) is 0. The molecular weight excluding hydrogens is 170 g/mol. The van der Waals surface area contributed by atoms with Gasteiger partial charge in [-0.1, -0.05) is 0 Å². The molecule has 0 aliphatic heterocycles. The van der Waals surface area contributed by atoms with Crippen molar-refractivity contribution in [3.8, 4) is 0 Å². The molecule has 27 valence electrons. The summed E-state index contributed by atoms with van der Waals surface area (Å²) in [6, 6.07) is 0. The van der Waals surface area contributed by atoms with Crippen molar-refractivity contribution >= 4 is 53.8 Å². The summed E-state index contributed by atoms with van der Waals surface area (Å²) in [4.78, 5) is 0. The van der Waals surface area contributed by atoms with E-state index in [-0.39, 0.29) is 70.9 Å². The first-order chi connectivity index (χ1) is 0. The van der Waals surface area contributed by atoms with Crippen molar-refractivity contribution < 1.29 is 17.1 Å². The van der Waals surface area contributed by atoms with Crippen LogP contribution in [0.15, 0.2) is 0 Å². The van der Waals surface area contributed by atoms with Crippen molar-refractivity contribution in [3.05, 3.63) is 0 Å². The molecule has 0 aromatic carbocycles. The summed E-state index contributed by atoms with van der Waals surface area (Å²) in [7, 11) is 0. The molecular formula is H8AlCuGeLi. The molecule has 0 atom stereocenters. The monoisotopic (exact) mass is 179 g/mol. The fraction of sp³-hybridized carbons (Fsp3) is 0. The third-order valence-corrected chi connectivity index (χ3v) is 0. The van der Waals surface area contributed by atoms with Gasteiger partial charge in [-0.25, -0.2) is 0 Å². The SMILES string of the molecule is [AlH3].[Cu].[GeH4].[LiH]. The minimum absolute atomic E-state index is 0. The Bertz CT molecular complexity index is 8.00. The molecule has 1 radical (unpaired) electrons. The summed E-state index contributed by atoms with van der Waals surface area (Å²) < 4.78 is 0. The predicted molar refractivity (Wildman–Crippen MR) is 28.4 cm³/mol. The van der Waals surface area contributed by atoms with Gasteiger partial charge in [0.05, 0.1) is 0 Å². The maximum absolute atomic E-state index is 0. The van der Waals surface area contributed by atoms with Crippen molar-refractivity contribution in [2.75, 3.05) is 0 Å². The Morgan fingerprint density at radius 1 is 1.00 bits per heavy atom. The summed E-state index contributed by atoms with van der Waals surface area (Å²) in [5.41, 5.74) is 0. The third-order valence-electron chi connectivity index (χ3n) is 0. The average molecular weight is 178 g/mol. The molecule has 0 rings (SSSR count). The first-order valence-corrected chi connectivity index (χ1v) is 0. The van der Waals surface area contributed by atoms with E-state index in [2.05, 4.69) is 0 Å². The Labute approximate surface area is 70.2 Å². The van der Waals surface area contributed by atoms with E-state index < -0.39 is 0 Å². The fourth-order valence-electron chi connectivity index (χ4n) is 0. The van der Waals surface area contributed by atoms with E-state index in [9.17, 15) is 0 Å². The van der Waals surface area contributed by atoms with Crippen LogP contribution in [0.1, 0.15) is 0 Å². The van der Waals surface area contributed by atoms with Crippen LogP contribution in [0.3, 0.4) is 0 Å². The zero-order valence-corrected chi connectivity index (χ0v) is 1.24. The van der Waals surface area contributed by atoms with Crippen molar-refractivity contribution in [2.24, 2.45) is 0 Å². The van der Waals surface area contributed by atoms with Crippen molar-refractivity contribution in [1.29, 1.82) is 0 Å². The van der Waals surface area contributed by atoms with Gasteiger partial charge >= 0.3 is 36.5 Å². The minimum atomic E-state index is 0. The van der Waals surface area contributed by atoms with Gasteiger partial charge in [0.2, 0.25) is 0 Å². The first-order valence-electron chi connectivity index (χ1n) is 0. The van der Waals surface area contributed by atoms with Crippen LogP contribution >= 0.6 is 0 Å². The van der Waals surface area contributed by atoms with Gasteiger partial charge in [-0.15, -0.1) is 0 Å². The number of hydrogen-bond acceptors (Lipinski definition) is 0. The predicted octanol–water partition coefficient (Wildman–Crippen LogP) is -3.29. The van der Waals surface area contributed by atoms with Gasteiger partial charge in [-0.05, 0) is 0 Å². The van der Waals surface area contributed by atoms with E-state index in [0.717, 1.165) is 0 Å². The van der Waals surface area contributed by atoms with E-state index in [1.54, 1.807) is 0 Å². The molecule has 0 aromatic rings. The molecule has 0 saturated heterocycles. The van der Waals surface area contributed by atoms with E-state index in [0.29, 0.717) is 0 Å². The molecule has 0 bridgehead atoms. The molecule has 0 aliphatic carbocycles. The van der Waals surface area contributed by atoms with Crippen LogP contribution < -0.4 is 0 Å². The van der Waals surface area contributed by atoms with Crippen LogP contribution in [0.4, 0.5) is 0 Å². The molecule has 0 amide bonds. The zero-order chi connectivity index (χ0) is 0. The zero-order valence-electron chi connectivity index (χ0n) is 0.302. The summed E-state index contributed by atoms with van der Waals surface area (Å²) >= 11 is 0. The Morgan fingerprint density at radius 3 is 1.00 bits per heavy atom. The van der Waals surface area contributed by atoms with E-state index >= 15 is 0 Å². The second-order valence-corrected chi connectivity index (χ2v) is 0. The van der Waals surface area contributed by atoms with Crippen LogP contribution in [-0.4, -0.2) is 53.8 Å². The number of hydrogen-bond donors (Lipinski definition) is 0. The van der Waals surface area contributed by atoms with Crippen LogP contribution in [0.5, 0.6) is 0 Å². The van der Waals surface area contributed by atoms with Crippen molar-refractivity contribution in [1.82, 2.24) is 0 Å². The molecule has 0 fully saturated rings.